The number of nitrogens with zero attached hydrogens (tertiary/aromatic N) is 5. The summed E-state index contributed by atoms with van der Waals surface area (Å²) in [5.74, 6) is -0.0746. The smallest absolute Gasteiger partial charge is 0.248 e. The van der Waals surface area contributed by atoms with Crippen molar-refractivity contribution < 1.29 is 19.8 Å². The summed E-state index contributed by atoms with van der Waals surface area (Å²) in [4.78, 5) is 31.2. The molecule has 5 rings (SSSR count). The number of hydrogen-bond acceptors (Lipinski definition) is 7. The lowest BCUT2D eigenvalue weighted by Crippen LogP contribution is -2.50. The monoisotopic (exact) mass is 538 g/mol. The highest BCUT2D eigenvalue weighted by Gasteiger charge is 2.45. The molecular formula is C29H42N6O4. The van der Waals surface area contributed by atoms with Crippen LogP contribution in [-0.2, 0) is 22.7 Å². The van der Waals surface area contributed by atoms with Gasteiger partial charge in [0.05, 0.1) is 18.4 Å². The lowest BCUT2D eigenvalue weighted by atomic mass is 9.85. The van der Waals surface area contributed by atoms with Crippen molar-refractivity contribution in [3.05, 3.63) is 47.3 Å². The maximum Gasteiger partial charge on any atom is 0.248 e. The van der Waals surface area contributed by atoms with Crippen molar-refractivity contribution in [1.82, 2.24) is 30.1 Å². The van der Waals surface area contributed by atoms with Crippen LogP contribution in [0.4, 0.5) is 0 Å². The topological polar surface area (TPSA) is 124 Å². The van der Waals surface area contributed by atoms with Crippen LogP contribution in [-0.4, -0.2) is 84.7 Å². The maximum atomic E-state index is 13.9. The summed E-state index contributed by atoms with van der Waals surface area (Å²) in [5.41, 5.74) is 2.56. The number of carbonyl (C=O) groups excluding carboxylic acids is 2. The zero-order valence-electron chi connectivity index (χ0n) is 23.3. The zero-order chi connectivity index (χ0) is 27.7. The minimum atomic E-state index is -0.763. The fourth-order valence-corrected chi connectivity index (χ4v) is 6.04. The second kappa shape index (κ2) is 11.3. The lowest BCUT2D eigenvalue weighted by Gasteiger charge is -2.34. The number of aliphatic hydroxyl groups excluding tert-OH is 2. The highest BCUT2D eigenvalue weighted by Crippen LogP contribution is 2.40. The number of β-amino-alcohol motifs (C(OH)–C–C–N with tert-alkyl or cyclic N) is 1. The highest BCUT2D eigenvalue weighted by atomic mass is 16.3. The number of nitrogens with one attached hydrogen (secondary N) is 1. The van der Waals surface area contributed by atoms with Gasteiger partial charge in [0.15, 0.2) is 0 Å². The summed E-state index contributed by atoms with van der Waals surface area (Å²) in [6.45, 7) is 8.21. The molecule has 4 atom stereocenters. The Morgan fingerprint density at radius 2 is 1.90 bits per heavy atom. The molecule has 212 valence electrons. The Morgan fingerprint density at radius 1 is 1.15 bits per heavy atom. The molecule has 1 aliphatic carbocycles. The van der Waals surface area contributed by atoms with Crippen molar-refractivity contribution in [2.45, 2.75) is 96.1 Å². The summed E-state index contributed by atoms with van der Waals surface area (Å²) in [6.07, 6.45) is 5.56. The number of aliphatic hydroxyl groups is 2. The molecule has 3 aliphatic rings. The van der Waals surface area contributed by atoms with Crippen LogP contribution in [0, 0.1) is 5.41 Å². The minimum Gasteiger partial charge on any atom is -0.395 e. The van der Waals surface area contributed by atoms with Gasteiger partial charge in [0.25, 0.3) is 0 Å². The van der Waals surface area contributed by atoms with Gasteiger partial charge in [0.1, 0.15) is 12.1 Å². The predicted molar refractivity (Wildman–Crippen MR) is 145 cm³/mol. The molecule has 3 N–H and O–H groups in total. The van der Waals surface area contributed by atoms with E-state index in [0.29, 0.717) is 12.5 Å². The third kappa shape index (κ3) is 6.18. The first kappa shape index (κ1) is 27.7. The van der Waals surface area contributed by atoms with E-state index in [-0.39, 0.29) is 37.4 Å². The molecule has 10 nitrogen and oxygen atoms in total. The number of amides is 2. The molecule has 0 bridgehead atoms. The molecule has 0 spiro atoms. The molecule has 1 aromatic carbocycles. The Hall–Kier alpha value is -2.82. The number of likely N-dealkylation sites (tertiary alicyclic amines) is 2. The molecule has 1 aromatic heterocycles. The summed E-state index contributed by atoms with van der Waals surface area (Å²) in [5, 5.41) is 31.9. The fraction of sp³-hybridized carbons (Fsp3) is 0.655. The molecule has 1 saturated carbocycles. The van der Waals surface area contributed by atoms with E-state index >= 15 is 0 Å². The molecule has 2 aliphatic heterocycles. The zero-order valence-corrected chi connectivity index (χ0v) is 23.3. The van der Waals surface area contributed by atoms with Crippen LogP contribution in [0.5, 0.6) is 0 Å². The normalized spacial score (nSPS) is 24.7. The second-order valence-electron chi connectivity index (χ2n) is 12.5. The molecule has 2 amide bonds. The highest BCUT2D eigenvalue weighted by molar-refractivity contribution is 5.90. The van der Waals surface area contributed by atoms with Gasteiger partial charge in [-0.2, -0.15) is 0 Å². The third-order valence-electron chi connectivity index (χ3n) is 8.36. The fourth-order valence-electron chi connectivity index (χ4n) is 6.04. The van der Waals surface area contributed by atoms with Gasteiger partial charge in [0, 0.05) is 44.2 Å². The molecule has 3 fully saturated rings. The van der Waals surface area contributed by atoms with Gasteiger partial charge in [-0.1, -0.05) is 50.3 Å². The molecule has 2 saturated heterocycles. The first-order chi connectivity index (χ1) is 18.7. The van der Waals surface area contributed by atoms with Gasteiger partial charge in [-0.15, -0.1) is 5.10 Å². The van der Waals surface area contributed by atoms with E-state index in [4.69, 9.17) is 0 Å². The van der Waals surface area contributed by atoms with Gasteiger partial charge >= 0.3 is 0 Å². The Balaban J connectivity index is 1.28. The molecule has 3 heterocycles. The maximum absolute atomic E-state index is 13.9. The van der Waals surface area contributed by atoms with E-state index in [9.17, 15) is 19.8 Å². The van der Waals surface area contributed by atoms with E-state index in [1.165, 1.54) is 4.90 Å². The van der Waals surface area contributed by atoms with Crippen molar-refractivity contribution >= 4 is 11.8 Å². The van der Waals surface area contributed by atoms with Crippen molar-refractivity contribution in [2.75, 3.05) is 19.7 Å². The van der Waals surface area contributed by atoms with Crippen LogP contribution in [0.2, 0.25) is 0 Å². The lowest BCUT2D eigenvalue weighted by molar-refractivity contribution is -0.144. The van der Waals surface area contributed by atoms with E-state index in [1.54, 1.807) is 4.68 Å². The van der Waals surface area contributed by atoms with Crippen molar-refractivity contribution in [3.8, 4) is 0 Å². The molecule has 3 unspecified atom stereocenters. The van der Waals surface area contributed by atoms with E-state index in [2.05, 4.69) is 26.6 Å². The Labute approximate surface area is 230 Å². The minimum absolute atomic E-state index is 0.113. The summed E-state index contributed by atoms with van der Waals surface area (Å²) in [6, 6.07) is 6.79. The number of benzene rings is 1. The summed E-state index contributed by atoms with van der Waals surface area (Å²) >= 11 is 0. The van der Waals surface area contributed by atoms with Crippen molar-refractivity contribution in [1.29, 1.82) is 0 Å². The average molecular weight is 539 g/mol. The molecule has 39 heavy (non-hydrogen) atoms. The standard InChI is InChI=1S/C29H42N6O4/c1-29(2,3)26(35-17-24(31-32-35)19-10-11-19)28(39)34-16-23(37)13-25(34)27(38)30-14-20-7-4-5-8-21(20)15-33-12-6-9-22(33)18-36/h4-5,7-8,17,19,22-23,25-26,36-37H,6,9-16,18H2,1-3H3,(H,30,38)/t22?,23?,25?,26-/m1/s1. The first-order valence-electron chi connectivity index (χ1n) is 14.3. The van der Waals surface area contributed by atoms with Gasteiger partial charge in [-0.05, 0) is 48.8 Å². The van der Waals surface area contributed by atoms with E-state index in [0.717, 1.165) is 55.6 Å². The first-order valence-corrected chi connectivity index (χ1v) is 14.3. The number of hydrogen-bond donors (Lipinski definition) is 3. The van der Waals surface area contributed by atoms with Gasteiger partial charge in [-0.25, -0.2) is 4.68 Å². The van der Waals surface area contributed by atoms with Crippen LogP contribution < -0.4 is 5.32 Å². The van der Waals surface area contributed by atoms with Crippen molar-refractivity contribution in [2.24, 2.45) is 5.41 Å². The third-order valence-corrected chi connectivity index (χ3v) is 8.36. The summed E-state index contributed by atoms with van der Waals surface area (Å²) in [7, 11) is 0. The summed E-state index contributed by atoms with van der Waals surface area (Å²) < 4.78 is 1.64. The molecule has 10 heteroatoms. The van der Waals surface area contributed by atoms with Crippen LogP contribution in [0.3, 0.4) is 0 Å². The van der Waals surface area contributed by atoms with Crippen molar-refractivity contribution in [3.63, 3.8) is 0 Å². The number of rotatable bonds is 9. The second-order valence-corrected chi connectivity index (χ2v) is 12.5. The molecule has 0 radical (unpaired) electrons. The van der Waals surface area contributed by atoms with E-state index in [1.807, 2.05) is 45.2 Å². The Morgan fingerprint density at radius 3 is 2.59 bits per heavy atom. The molecular weight excluding hydrogens is 496 g/mol. The predicted octanol–water partition coefficient (Wildman–Crippen LogP) is 1.98. The Kier molecular flexibility index (Phi) is 8.07. The van der Waals surface area contributed by atoms with Crippen LogP contribution in [0.1, 0.15) is 81.7 Å². The average Bonchev–Trinajstić information content (AvgIpc) is 3.27. The Bertz CT molecular complexity index is 1170. The van der Waals surface area contributed by atoms with Gasteiger partial charge in [0.2, 0.25) is 11.8 Å². The van der Waals surface area contributed by atoms with Crippen LogP contribution in [0.25, 0.3) is 0 Å². The SMILES string of the molecule is CC(C)(C)[C@@H](C(=O)N1CC(O)CC1C(=O)NCc1ccccc1CN1CCCC1CO)n1cc(C2CC2)nn1. The number of carbonyl (C=O) groups is 2. The largest absolute Gasteiger partial charge is 0.395 e. The van der Waals surface area contributed by atoms with Crippen LogP contribution in [0.15, 0.2) is 30.5 Å². The van der Waals surface area contributed by atoms with E-state index < -0.39 is 23.6 Å². The number of aromatic nitrogens is 3. The van der Waals surface area contributed by atoms with Crippen LogP contribution >= 0.6 is 0 Å². The molecule has 2 aromatic rings. The van der Waals surface area contributed by atoms with Gasteiger partial charge in [-0.3, -0.25) is 14.5 Å². The quantitative estimate of drug-likeness (QED) is 0.446. The van der Waals surface area contributed by atoms with Gasteiger partial charge < -0.3 is 20.4 Å².